The van der Waals surface area contributed by atoms with Gasteiger partial charge in [0.25, 0.3) is 0 Å². The second kappa shape index (κ2) is 7.66. The van der Waals surface area contributed by atoms with E-state index >= 15 is 0 Å². The first-order chi connectivity index (χ1) is 11.4. The van der Waals surface area contributed by atoms with Gasteiger partial charge in [0.1, 0.15) is 6.10 Å². The van der Waals surface area contributed by atoms with Crippen molar-refractivity contribution in [2.24, 2.45) is 10.9 Å². The number of benzene rings is 1. The van der Waals surface area contributed by atoms with Crippen molar-refractivity contribution in [1.29, 1.82) is 0 Å². The molecule has 2 aliphatic rings. The van der Waals surface area contributed by atoms with Crippen LogP contribution in [0.2, 0.25) is 0 Å². The number of alkyl halides is 2. The van der Waals surface area contributed by atoms with Crippen molar-refractivity contribution in [2.75, 3.05) is 13.1 Å². The summed E-state index contributed by atoms with van der Waals surface area (Å²) in [6.07, 6.45) is 0.184. The highest BCUT2D eigenvalue weighted by Gasteiger charge is 2.54. The first kappa shape index (κ1) is 19.6. The molecule has 2 N–H and O–H groups in total. The lowest BCUT2D eigenvalue weighted by atomic mass is 9.80. The quantitative estimate of drug-likeness (QED) is 0.793. The van der Waals surface area contributed by atoms with E-state index in [1.54, 1.807) is 30.3 Å². The molecule has 1 saturated carbocycles. The molecule has 3 atom stereocenters. The van der Waals surface area contributed by atoms with E-state index in [1.165, 1.54) is 6.34 Å². The molecule has 1 aliphatic heterocycles. The van der Waals surface area contributed by atoms with E-state index in [-0.39, 0.29) is 37.4 Å². The van der Waals surface area contributed by atoms with Crippen LogP contribution in [0, 0.1) is 5.92 Å². The summed E-state index contributed by atoms with van der Waals surface area (Å²) < 4.78 is 32.7. The smallest absolute Gasteiger partial charge is 0.343 e. The number of rotatable bonds is 4. The predicted molar refractivity (Wildman–Crippen MR) is 91.1 cm³/mol. The molecule has 0 spiro atoms. The number of hydrogen-bond donors (Lipinski definition) is 2. The second-order valence-electron chi connectivity index (χ2n) is 6.36. The normalized spacial score (nSPS) is 26.8. The molecule has 1 aliphatic carbocycles. The summed E-state index contributed by atoms with van der Waals surface area (Å²) in [7, 11) is 0. The number of nitrogens with one attached hydrogen (secondary N) is 1. The van der Waals surface area contributed by atoms with Crippen LogP contribution in [-0.4, -0.2) is 42.5 Å². The monoisotopic (exact) mass is 374 g/mol. The van der Waals surface area contributed by atoms with E-state index in [1.807, 2.05) is 0 Å². The van der Waals surface area contributed by atoms with Crippen molar-refractivity contribution >= 4 is 24.7 Å². The van der Waals surface area contributed by atoms with Gasteiger partial charge in [0.15, 0.2) is 5.60 Å². The summed E-state index contributed by atoms with van der Waals surface area (Å²) in [6, 6.07) is 8.18. The van der Waals surface area contributed by atoms with Gasteiger partial charge in [0, 0.05) is 18.8 Å². The van der Waals surface area contributed by atoms with Crippen LogP contribution >= 0.6 is 12.4 Å². The third kappa shape index (κ3) is 4.10. The molecule has 138 valence electrons. The van der Waals surface area contributed by atoms with Crippen LogP contribution in [0.1, 0.15) is 24.8 Å². The maximum atomic E-state index is 13.7. The largest absolute Gasteiger partial charge is 0.456 e. The van der Waals surface area contributed by atoms with E-state index in [0.29, 0.717) is 6.54 Å². The molecule has 1 fully saturated rings. The molecule has 1 aromatic rings. The Morgan fingerprint density at radius 2 is 2.08 bits per heavy atom. The number of aliphatic imine (C=N–C) groups is 1. The molecule has 8 heteroatoms. The Labute approximate surface area is 150 Å². The van der Waals surface area contributed by atoms with Crippen LogP contribution in [0.5, 0.6) is 0 Å². The fourth-order valence-electron chi connectivity index (χ4n) is 3.32. The van der Waals surface area contributed by atoms with E-state index in [4.69, 9.17) is 4.74 Å². The zero-order valence-corrected chi connectivity index (χ0v) is 14.3. The van der Waals surface area contributed by atoms with Crippen LogP contribution in [0.15, 0.2) is 35.3 Å². The van der Waals surface area contributed by atoms with E-state index < -0.39 is 35.9 Å². The van der Waals surface area contributed by atoms with Gasteiger partial charge in [0.05, 0.1) is 19.4 Å². The van der Waals surface area contributed by atoms with Crippen LogP contribution in [0.3, 0.4) is 0 Å². The van der Waals surface area contributed by atoms with Gasteiger partial charge in [-0.2, -0.15) is 0 Å². The van der Waals surface area contributed by atoms with Gasteiger partial charge in [0.2, 0.25) is 5.92 Å². The summed E-state index contributed by atoms with van der Waals surface area (Å²) in [4.78, 5) is 16.7. The summed E-state index contributed by atoms with van der Waals surface area (Å²) in [6.45, 7) is 0.658. The Hall–Kier alpha value is -1.73. The van der Waals surface area contributed by atoms with Crippen molar-refractivity contribution in [2.45, 2.75) is 36.9 Å². The highest BCUT2D eigenvalue weighted by molar-refractivity contribution is 5.85. The second-order valence-corrected chi connectivity index (χ2v) is 6.36. The van der Waals surface area contributed by atoms with Crippen molar-refractivity contribution in [3.8, 4) is 0 Å². The van der Waals surface area contributed by atoms with Gasteiger partial charge in [-0.05, 0) is 12.0 Å². The number of halogens is 3. The van der Waals surface area contributed by atoms with Crippen LogP contribution in [0.25, 0.3) is 0 Å². The summed E-state index contributed by atoms with van der Waals surface area (Å²) in [5, 5.41) is 14.0. The maximum Gasteiger partial charge on any atom is 0.343 e. The van der Waals surface area contributed by atoms with Crippen molar-refractivity contribution in [3.05, 3.63) is 35.9 Å². The van der Waals surface area contributed by atoms with Gasteiger partial charge in [-0.3, -0.25) is 4.99 Å². The number of carbonyl (C=O) groups excluding carboxylic acids is 1. The molecule has 3 rings (SSSR count). The van der Waals surface area contributed by atoms with Gasteiger partial charge in [-0.1, -0.05) is 30.3 Å². The molecule has 0 amide bonds. The van der Waals surface area contributed by atoms with Crippen molar-refractivity contribution in [1.82, 2.24) is 5.32 Å². The average Bonchev–Trinajstić information content (AvgIpc) is 2.96. The Balaban J connectivity index is 0.00000225. The molecule has 1 aromatic carbocycles. The zero-order valence-electron chi connectivity index (χ0n) is 13.5. The molecule has 0 bridgehead atoms. The van der Waals surface area contributed by atoms with Gasteiger partial charge >= 0.3 is 5.97 Å². The molecule has 5 nitrogen and oxygen atoms in total. The number of carbonyl (C=O) groups is 1. The molecular formula is C17H21ClF2N2O3. The summed E-state index contributed by atoms with van der Waals surface area (Å²) in [5.41, 5.74) is -1.80. The molecular weight excluding hydrogens is 354 g/mol. The molecule has 3 unspecified atom stereocenters. The van der Waals surface area contributed by atoms with Gasteiger partial charge in [-0.15, -0.1) is 12.4 Å². The predicted octanol–water partition coefficient (Wildman–Crippen LogP) is 2.27. The zero-order chi connectivity index (χ0) is 17.2. The van der Waals surface area contributed by atoms with Crippen LogP contribution in [-0.2, 0) is 15.1 Å². The van der Waals surface area contributed by atoms with Crippen LogP contribution in [0.4, 0.5) is 8.78 Å². The number of ether oxygens (including phenoxy) is 1. The third-order valence-electron chi connectivity index (χ3n) is 4.63. The minimum Gasteiger partial charge on any atom is -0.456 e. The highest BCUT2D eigenvalue weighted by Crippen LogP contribution is 2.48. The van der Waals surface area contributed by atoms with Gasteiger partial charge in [-0.25, -0.2) is 13.6 Å². The average molecular weight is 375 g/mol. The fourth-order valence-corrected chi connectivity index (χ4v) is 3.32. The van der Waals surface area contributed by atoms with Crippen molar-refractivity contribution < 1.29 is 23.4 Å². The molecule has 0 radical (unpaired) electrons. The first-order valence-electron chi connectivity index (χ1n) is 8.00. The Bertz CT molecular complexity index is 630. The first-order valence-corrected chi connectivity index (χ1v) is 8.00. The standard InChI is InChI=1S/C17H20F2N2O3.ClH/c18-16(19)7-6-13(8-16)17(23,12-4-2-1-3-5-12)15(22)24-14-9-20-11-21-10-14;/h1-5,11,13-14,23H,6-10H2,(H,20,21);1H. The number of esters is 1. The molecule has 0 aromatic heterocycles. The van der Waals surface area contributed by atoms with Crippen molar-refractivity contribution in [3.63, 3.8) is 0 Å². The topological polar surface area (TPSA) is 70.9 Å². The van der Waals surface area contributed by atoms with E-state index in [9.17, 15) is 18.7 Å². The molecule has 0 saturated heterocycles. The third-order valence-corrected chi connectivity index (χ3v) is 4.63. The lowest BCUT2D eigenvalue weighted by Crippen LogP contribution is -2.47. The summed E-state index contributed by atoms with van der Waals surface area (Å²) in [5.74, 6) is -4.65. The lowest BCUT2D eigenvalue weighted by Gasteiger charge is -2.34. The van der Waals surface area contributed by atoms with E-state index in [2.05, 4.69) is 10.3 Å². The van der Waals surface area contributed by atoms with Crippen LogP contribution < -0.4 is 5.32 Å². The fraction of sp³-hybridized carbons (Fsp3) is 0.529. The Kier molecular flexibility index (Phi) is 6.00. The molecule has 1 heterocycles. The number of aliphatic hydroxyl groups is 1. The SMILES string of the molecule is Cl.O=C(OC1CN=CNC1)C(O)(c1ccccc1)C1CCC(F)(F)C1. The van der Waals surface area contributed by atoms with E-state index in [0.717, 1.165) is 0 Å². The Morgan fingerprint density at radius 3 is 2.64 bits per heavy atom. The minimum absolute atomic E-state index is 0. The molecule has 25 heavy (non-hydrogen) atoms. The minimum atomic E-state index is -2.87. The summed E-state index contributed by atoms with van der Waals surface area (Å²) >= 11 is 0. The number of nitrogens with zero attached hydrogens (tertiary/aromatic N) is 1. The Morgan fingerprint density at radius 1 is 1.36 bits per heavy atom. The van der Waals surface area contributed by atoms with Gasteiger partial charge < -0.3 is 15.2 Å². The lowest BCUT2D eigenvalue weighted by molar-refractivity contribution is -0.179. The maximum absolute atomic E-state index is 13.7. The highest BCUT2D eigenvalue weighted by atomic mass is 35.5. The number of hydrogen-bond acceptors (Lipinski definition) is 5.